The molecule has 0 unspecified atom stereocenters. The van der Waals surface area contributed by atoms with Crippen molar-refractivity contribution in [2.75, 3.05) is 26.8 Å². The number of carbonyl (C=O) groups excluding carboxylic acids is 2. The molecular formula is C22H24F4N2O4. The van der Waals surface area contributed by atoms with Gasteiger partial charge in [0.25, 0.3) is 0 Å². The summed E-state index contributed by atoms with van der Waals surface area (Å²) in [7, 11) is 1.31. The first kappa shape index (κ1) is 25.0. The van der Waals surface area contributed by atoms with Gasteiger partial charge in [0.05, 0.1) is 13.5 Å². The highest BCUT2D eigenvalue weighted by Gasteiger charge is 2.29. The zero-order valence-corrected chi connectivity index (χ0v) is 17.4. The maximum Gasteiger partial charge on any atom is 0.422 e. The third-order valence-electron chi connectivity index (χ3n) is 4.28. The lowest BCUT2D eigenvalue weighted by molar-refractivity contribution is -0.153. The van der Waals surface area contributed by atoms with Gasteiger partial charge in [0, 0.05) is 19.5 Å². The molecule has 2 amide bonds. The van der Waals surface area contributed by atoms with Crippen LogP contribution < -0.4 is 20.1 Å². The van der Waals surface area contributed by atoms with E-state index in [1.54, 1.807) is 12.1 Å². The number of carbonyl (C=O) groups is 2. The standard InChI is InChI=1S/C22H24F4N2O4/c1-31-19-12-15(5-7-18(19)32-14-22(24,25)26)6-8-20(29)27-9-10-28-21(30)13-16-3-2-4-17(23)11-16/h2-5,7,11-12H,6,8-10,13-14H2,1H3,(H,27,29)(H,28,30). The molecule has 0 fully saturated rings. The molecule has 0 aliphatic heterocycles. The van der Waals surface area contributed by atoms with Crippen LogP contribution in [0.25, 0.3) is 0 Å². The molecule has 32 heavy (non-hydrogen) atoms. The summed E-state index contributed by atoms with van der Waals surface area (Å²) >= 11 is 0. The molecule has 2 N–H and O–H groups in total. The number of alkyl halides is 3. The smallest absolute Gasteiger partial charge is 0.422 e. The number of aryl methyl sites for hydroxylation is 1. The molecule has 0 aliphatic carbocycles. The molecule has 0 radical (unpaired) electrons. The molecule has 0 atom stereocenters. The topological polar surface area (TPSA) is 76.7 Å². The van der Waals surface area contributed by atoms with Crippen LogP contribution in [0, 0.1) is 5.82 Å². The summed E-state index contributed by atoms with van der Waals surface area (Å²) in [5.74, 6) is -0.839. The van der Waals surface area contributed by atoms with Crippen molar-refractivity contribution >= 4 is 11.8 Å². The molecule has 0 aromatic heterocycles. The van der Waals surface area contributed by atoms with Crippen molar-refractivity contribution in [3.05, 3.63) is 59.4 Å². The Kier molecular flexibility index (Phi) is 9.30. The van der Waals surface area contributed by atoms with E-state index in [1.807, 2.05) is 0 Å². The second kappa shape index (κ2) is 11.9. The first-order valence-electron chi connectivity index (χ1n) is 9.80. The van der Waals surface area contributed by atoms with Crippen molar-refractivity contribution in [3.8, 4) is 11.5 Å². The van der Waals surface area contributed by atoms with Crippen molar-refractivity contribution < 1.29 is 36.6 Å². The van der Waals surface area contributed by atoms with Gasteiger partial charge >= 0.3 is 6.18 Å². The molecule has 174 valence electrons. The zero-order valence-electron chi connectivity index (χ0n) is 17.4. The Morgan fingerprint density at radius 1 is 0.938 bits per heavy atom. The van der Waals surface area contributed by atoms with E-state index >= 15 is 0 Å². The summed E-state index contributed by atoms with van der Waals surface area (Å²) in [6.07, 6.45) is -3.94. The summed E-state index contributed by atoms with van der Waals surface area (Å²) in [6.45, 7) is -0.982. The number of benzene rings is 2. The summed E-state index contributed by atoms with van der Waals surface area (Å²) in [5, 5.41) is 5.30. The largest absolute Gasteiger partial charge is 0.493 e. The Balaban J connectivity index is 1.69. The lowest BCUT2D eigenvalue weighted by Crippen LogP contribution is -2.35. The second-order valence-corrected chi connectivity index (χ2v) is 6.90. The van der Waals surface area contributed by atoms with E-state index in [1.165, 1.54) is 37.4 Å². The van der Waals surface area contributed by atoms with Gasteiger partial charge in [0.1, 0.15) is 5.82 Å². The first-order valence-corrected chi connectivity index (χ1v) is 9.80. The van der Waals surface area contributed by atoms with Crippen molar-refractivity contribution in [2.24, 2.45) is 0 Å². The number of hydrogen-bond acceptors (Lipinski definition) is 4. The highest BCUT2D eigenvalue weighted by Crippen LogP contribution is 2.30. The fourth-order valence-electron chi connectivity index (χ4n) is 2.79. The third-order valence-corrected chi connectivity index (χ3v) is 4.28. The molecule has 2 aromatic rings. The molecule has 2 aromatic carbocycles. The summed E-state index contributed by atoms with van der Waals surface area (Å²) in [6, 6.07) is 10.2. The molecule has 0 saturated carbocycles. The van der Waals surface area contributed by atoms with E-state index in [0.29, 0.717) is 17.5 Å². The van der Waals surface area contributed by atoms with Crippen molar-refractivity contribution in [1.29, 1.82) is 0 Å². The third kappa shape index (κ3) is 9.23. The summed E-state index contributed by atoms with van der Waals surface area (Å²) < 4.78 is 59.8. The van der Waals surface area contributed by atoms with E-state index in [2.05, 4.69) is 10.6 Å². The number of amides is 2. The van der Waals surface area contributed by atoms with Gasteiger partial charge in [-0.25, -0.2) is 4.39 Å². The first-order chi connectivity index (χ1) is 15.2. The molecule has 0 aliphatic rings. The lowest BCUT2D eigenvalue weighted by atomic mass is 10.1. The molecule has 0 saturated heterocycles. The molecule has 10 heteroatoms. The maximum atomic E-state index is 13.1. The SMILES string of the molecule is COc1cc(CCC(=O)NCCNC(=O)Cc2cccc(F)c2)ccc1OCC(F)(F)F. The highest BCUT2D eigenvalue weighted by atomic mass is 19.4. The number of halogens is 4. The van der Waals surface area contributed by atoms with Crippen LogP contribution >= 0.6 is 0 Å². The maximum absolute atomic E-state index is 13.1. The highest BCUT2D eigenvalue weighted by molar-refractivity contribution is 5.79. The number of rotatable bonds is 11. The van der Waals surface area contributed by atoms with Crippen LogP contribution in [0.3, 0.4) is 0 Å². The summed E-state index contributed by atoms with van der Waals surface area (Å²) in [5.41, 5.74) is 1.25. The number of ether oxygens (including phenoxy) is 2. The Labute approximate surface area is 182 Å². The van der Waals surface area contributed by atoms with Crippen LogP contribution in [0.5, 0.6) is 11.5 Å². The minimum Gasteiger partial charge on any atom is -0.493 e. The van der Waals surface area contributed by atoms with Crippen LogP contribution in [-0.4, -0.2) is 44.8 Å². The minimum atomic E-state index is -4.46. The molecule has 2 rings (SSSR count). The van der Waals surface area contributed by atoms with Crippen LogP contribution in [0.1, 0.15) is 17.5 Å². The second-order valence-electron chi connectivity index (χ2n) is 6.90. The van der Waals surface area contributed by atoms with Gasteiger partial charge in [-0.3, -0.25) is 9.59 Å². The van der Waals surface area contributed by atoms with Gasteiger partial charge in [0.15, 0.2) is 18.1 Å². The van der Waals surface area contributed by atoms with Crippen molar-refractivity contribution in [2.45, 2.75) is 25.4 Å². The normalized spacial score (nSPS) is 11.0. The number of methoxy groups -OCH3 is 1. The van der Waals surface area contributed by atoms with E-state index in [0.717, 1.165) is 0 Å². The van der Waals surface area contributed by atoms with Crippen LogP contribution in [0.15, 0.2) is 42.5 Å². The van der Waals surface area contributed by atoms with E-state index in [-0.39, 0.29) is 49.2 Å². The molecule has 0 bridgehead atoms. The van der Waals surface area contributed by atoms with Crippen LogP contribution in [0.4, 0.5) is 17.6 Å². The van der Waals surface area contributed by atoms with Gasteiger partial charge in [-0.05, 0) is 41.8 Å². The van der Waals surface area contributed by atoms with E-state index in [4.69, 9.17) is 9.47 Å². The lowest BCUT2D eigenvalue weighted by Gasteiger charge is -2.13. The number of hydrogen-bond donors (Lipinski definition) is 2. The molecular weight excluding hydrogens is 432 g/mol. The minimum absolute atomic E-state index is 0.0352. The Bertz CT molecular complexity index is 919. The van der Waals surface area contributed by atoms with Gasteiger partial charge in [0.2, 0.25) is 11.8 Å². The van der Waals surface area contributed by atoms with E-state index in [9.17, 15) is 27.2 Å². The van der Waals surface area contributed by atoms with Crippen LogP contribution in [0.2, 0.25) is 0 Å². The molecule has 0 spiro atoms. The quantitative estimate of drug-likeness (QED) is 0.402. The Hall–Kier alpha value is -3.30. The zero-order chi connectivity index (χ0) is 23.6. The van der Waals surface area contributed by atoms with Crippen molar-refractivity contribution in [3.63, 3.8) is 0 Å². The fourth-order valence-corrected chi connectivity index (χ4v) is 2.79. The number of nitrogens with one attached hydrogen (secondary N) is 2. The predicted octanol–water partition coefficient (Wildman–Crippen LogP) is 3.18. The van der Waals surface area contributed by atoms with Gasteiger partial charge in [-0.2, -0.15) is 13.2 Å². The van der Waals surface area contributed by atoms with Gasteiger partial charge < -0.3 is 20.1 Å². The molecule has 0 heterocycles. The van der Waals surface area contributed by atoms with Crippen molar-refractivity contribution in [1.82, 2.24) is 10.6 Å². The summed E-state index contributed by atoms with van der Waals surface area (Å²) in [4.78, 5) is 23.8. The Morgan fingerprint density at radius 3 is 2.31 bits per heavy atom. The van der Waals surface area contributed by atoms with Gasteiger partial charge in [-0.15, -0.1) is 0 Å². The van der Waals surface area contributed by atoms with Gasteiger partial charge in [-0.1, -0.05) is 18.2 Å². The monoisotopic (exact) mass is 456 g/mol. The molecule has 6 nitrogen and oxygen atoms in total. The average molecular weight is 456 g/mol. The average Bonchev–Trinajstić information content (AvgIpc) is 2.73. The predicted molar refractivity (Wildman–Crippen MR) is 109 cm³/mol. The fraction of sp³-hybridized carbons (Fsp3) is 0.364. The Morgan fingerprint density at radius 2 is 1.66 bits per heavy atom. The van der Waals surface area contributed by atoms with Crippen LogP contribution in [-0.2, 0) is 22.4 Å². The van der Waals surface area contributed by atoms with E-state index < -0.39 is 18.6 Å².